The highest BCUT2D eigenvalue weighted by atomic mass is 16.6. The summed E-state index contributed by atoms with van der Waals surface area (Å²) in [5, 5.41) is 20.1. The molecule has 0 bridgehead atoms. The fourth-order valence-corrected chi connectivity index (χ4v) is 2.64. The number of hydrogen-bond donors (Lipinski definition) is 1. The van der Waals surface area contributed by atoms with Crippen LogP contribution in [0.1, 0.15) is 26.2 Å². The van der Waals surface area contributed by atoms with E-state index >= 15 is 0 Å². The lowest BCUT2D eigenvalue weighted by Gasteiger charge is -2.19. The van der Waals surface area contributed by atoms with Crippen LogP contribution in [0, 0.1) is 16.0 Å². The quantitative estimate of drug-likeness (QED) is 0.618. The van der Waals surface area contributed by atoms with Gasteiger partial charge in [-0.25, -0.2) is 0 Å². The Balaban J connectivity index is 2.17. The fourth-order valence-electron chi connectivity index (χ4n) is 2.64. The molecule has 1 atom stereocenters. The SMILES string of the molecule is CCCOc1cc(N2CCC(CCO)C2)cc([N+](=O)[O-])c1. The van der Waals surface area contributed by atoms with Crippen LogP contribution in [0.3, 0.4) is 0 Å². The first-order chi connectivity index (χ1) is 10.1. The molecule has 6 nitrogen and oxygen atoms in total. The van der Waals surface area contributed by atoms with Gasteiger partial charge in [0, 0.05) is 37.5 Å². The number of nitrogens with zero attached hydrogens (tertiary/aromatic N) is 2. The molecular formula is C15H22N2O4. The van der Waals surface area contributed by atoms with Crippen molar-refractivity contribution >= 4 is 11.4 Å². The molecule has 2 rings (SSSR count). The van der Waals surface area contributed by atoms with Crippen LogP contribution in [-0.4, -0.2) is 36.3 Å². The van der Waals surface area contributed by atoms with Gasteiger partial charge in [-0.1, -0.05) is 6.92 Å². The molecule has 0 saturated carbocycles. The number of hydrogen-bond acceptors (Lipinski definition) is 5. The van der Waals surface area contributed by atoms with Gasteiger partial charge in [0.2, 0.25) is 0 Å². The summed E-state index contributed by atoms with van der Waals surface area (Å²) in [6.07, 6.45) is 2.65. The van der Waals surface area contributed by atoms with Crippen LogP contribution in [-0.2, 0) is 0 Å². The topological polar surface area (TPSA) is 75.8 Å². The third-order valence-corrected chi connectivity index (χ3v) is 3.75. The lowest BCUT2D eigenvalue weighted by atomic mass is 10.1. The number of aliphatic hydroxyl groups excluding tert-OH is 1. The summed E-state index contributed by atoms with van der Waals surface area (Å²) in [5.74, 6) is 1.00. The Labute approximate surface area is 124 Å². The number of aliphatic hydroxyl groups is 1. The summed E-state index contributed by atoms with van der Waals surface area (Å²) >= 11 is 0. The second-order valence-electron chi connectivity index (χ2n) is 5.40. The molecule has 1 fully saturated rings. The molecule has 1 unspecified atom stereocenters. The van der Waals surface area contributed by atoms with E-state index in [0.29, 0.717) is 18.3 Å². The molecule has 1 aliphatic rings. The van der Waals surface area contributed by atoms with Gasteiger partial charge in [0.05, 0.1) is 17.6 Å². The highest BCUT2D eigenvalue weighted by Gasteiger charge is 2.24. The van der Waals surface area contributed by atoms with E-state index in [1.54, 1.807) is 6.07 Å². The Bertz CT molecular complexity index is 493. The lowest BCUT2D eigenvalue weighted by Crippen LogP contribution is -2.20. The number of nitro groups is 1. The molecule has 1 aliphatic heterocycles. The first-order valence-corrected chi connectivity index (χ1v) is 7.42. The minimum atomic E-state index is -0.385. The lowest BCUT2D eigenvalue weighted by molar-refractivity contribution is -0.384. The minimum Gasteiger partial charge on any atom is -0.493 e. The standard InChI is InChI=1S/C15H22N2O4/c1-2-7-21-15-9-13(8-14(10-15)17(19)20)16-5-3-12(11-16)4-6-18/h8-10,12,18H,2-7,11H2,1H3. The van der Waals surface area contributed by atoms with Gasteiger partial charge in [-0.05, 0) is 25.2 Å². The van der Waals surface area contributed by atoms with Crippen molar-refractivity contribution in [2.24, 2.45) is 5.92 Å². The van der Waals surface area contributed by atoms with Gasteiger partial charge in [0.15, 0.2) is 0 Å². The Morgan fingerprint density at radius 3 is 2.95 bits per heavy atom. The summed E-state index contributed by atoms with van der Waals surface area (Å²) in [6.45, 7) is 4.43. The highest BCUT2D eigenvalue weighted by Crippen LogP contribution is 2.32. The molecule has 1 heterocycles. The Kier molecular flexibility index (Phi) is 5.38. The molecule has 6 heteroatoms. The fraction of sp³-hybridized carbons (Fsp3) is 0.600. The van der Waals surface area contributed by atoms with Gasteiger partial charge < -0.3 is 14.7 Å². The summed E-state index contributed by atoms with van der Waals surface area (Å²) < 4.78 is 5.55. The first kappa shape index (κ1) is 15.6. The van der Waals surface area contributed by atoms with E-state index in [1.165, 1.54) is 6.07 Å². The largest absolute Gasteiger partial charge is 0.493 e. The van der Waals surface area contributed by atoms with Crippen molar-refractivity contribution in [3.05, 3.63) is 28.3 Å². The van der Waals surface area contributed by atoms with Crippen molar-refractivity contribution in [1.82, 2.24) is 0 Å². The summed E-state index contributed by atoms with van der Waals surface area (Å²) in [4.78, 5) is 12.8. The zero-order chi connectivity index (χ0) is 15.2. The molecule has 0 aromatic heterocycles. The second kappa shape index (κ2) is 7.26. The van der Waals surface area contributed by atoms with E-state index in [4.69, 9.17) is 9.84 Å². The molecule has 0 spiro atoms. The third-order valence-electron chi connectivity index (χ3n) is 3.75. The number of nitro benzene ring substituents is 1. The smallest absolute Gasteiger partial charge is 0.275 e. The third kappa shape index (κ3) is 4.07. The first-order valence-electron chi connectivity index (χ1n) is 7.42. The molecule has 116 valence electrons. The Morgan fingerprint density at radius 2 is 2.29 bits per heavy atom. The van der Waals surface area contributed by atoms with E-state index in [0.717, 1.165) is 38.0 Å². The normalized spacial score (nSPS) is 18.0. The maximum absolute atomic E-state index is 11.1. The van der Waals surface area contributed by atoms with Crippen LogP contribution in [0.2, 0.25) is 0 Å². The van der Waals surface area contributed by atoms with Crippen molar-refractivity contribution in [2.75, 3.05) is 31.2 Å². The van der Waals surface area contributed by atoms with E-state index in [1.807, 2.05) is 13.0 Å². The van der Waals surface area contributed by atoms with Gasteiger partial charge >= 0.3 is 0 Å². The summed E-state index contributed by atoms with van der Waals surface area (Å²) in [7, 11) is 0. The summed E-state index contributed by atoms with van der Waals surface area (Å²) in [5.41, 5.74) is 0.889. The van der Waals surface area contributed by atoms with Crippen LogP contribution >= 0.6 is 0 Å². The molecule has 1 aromatic rings. The minimum absolute atomic E-state index is 0.0595. The van der Waals surface area contributed by atoms with Crippen LogP contribution in [0.4, 0.5) is 11.4 Å². The highest BCUT2D eigenvalue weighted by molar-refractivity contribution is 5.58. The zero-order valence-electron chi connectivity index (χ0n) is 12.3. The van der Waals surface area contributed by atoms with E-state index in [2.05, 4.69) is 4.90 Å². The Morgan fingerprint density at radius 1 is 1.48 bits per heavy atom. The van der Waals surface area contributed by atoms with Crippen molar-refractivity contribution in [2.45, 2.75) is 26.2 Å². The number of rotatable bonds is 7. The predicted molar refractivity (Wildman–Crippen MR) is 80.9 cm³/mol. The molecular weight excluding hydrogens is 272 g/mol. The molecule has 0 radical (unpaired) electrons. The zero-order valence-corrected chi connectivity index (χ0v) is 12.3. The molecule has 21 heavy (non-hydrogen) atoms. The number of ether oxygens (including phenoxy) is 1. The average molecular weight is 294 g/mol. The number of anilines is 1. The number of non-ortho nitro benzene ring substituents is 1. The number of benzene rings is 1. The average Bonchev–Trinajstić information content (AvgIpc) is 2.94. The summed E-state index contributed by atoms with van der Waals surface area (Å²) in [6, 6.07) is 4.94. The van der Waals surface area contributed by atoms with Crippen molar-refractivity contribution in [3.8, 4) is 5.75 Å². The van der Waals surface area contributed by atoms with Gasteiger partial charge in [0.1, 0.15) is 5.75 Å². The molecule has 1 saturated heterocycles. The van der Waals surface area contributed by atoms with Gasteiger partial charge in [-0.3, -0.25) is 10.1 Å². The molecule has 0 amide bonds. The van der Waals surface area contributed by atoms with E-state index in [9.17, 15) is 10.1 Å². The van der Waals surface area contributed by atoms with Crippen molar-refractivity contribution in [1.29, 1.82) is 0 Å². The van der Waals surface area contributed by atoms with E-state index in [-0.39, 0.29) is 17.2 Å². The van der Waals surface area contributed by atoms with Crippen molar-refractivity contribution < 1.29 is 14.8 Å². The monoisotopic (exact) mass is 294 g/mol. The molecule has 1 aromatic carbocycles. The van der Waals surface area contributed by atoms with Crippen LogP contribution in [0.15, 0.2) is 18.2 Å². The van der Waals surface area contributed by atoms with Gasteiger partial charge in [-0.15, -0.1) is 0 Å². The maximum Gasteiger partial charge on any atom is 0.275 e. The van der Waals surface area contributed by atoms with Crippen LogP contribution < -0.4 is 9.64 Å². The van der Waals surface area contributed by atoms with E-state index < -0.39 is 0 Å². The van der Waals surface area contributed by atoms with Gasteiger partial charge in [-0.2, -0.15) is 0 Å². The molecule has 1 N–H and O–H groups in total. The Hall–Kier alpha value is -1.82. The van der Waals surface area contributed by atoms with Crippen LogP contribution in [0.25, 0.3) is 0 Å². The predicted octanol–water partition coefficient (Wildman–Crippen LogP) is 2.59. The second-order valence-corrected chi connectivity index (χ2v) is 5.40. The van der Waals surface area contributed by atoms with Gasteiger partial charge in [0.25, 0.3) is 5.69 Å². The maximum atomic E-state index is 11.1. The van der Waals surface area contributed by atoms with Crippen LogP contribution in [0.5, 0.6) is 5.75 Å². The van der Waals surface area contributed by atoms with Crippen molar-refractivity contribution in [3.63, 3.8) is 0 Å². The molecule has 0 aliphatic carbocycles.